The maximum atomic E-state index is 11.6. The van der Waals surface area contributed by atoms with Gasteiger partial charge in [-0.3, -0.25) is 0 Å². The van der Waals surface area contributed by atoms with Crippen LogP contribution in [0.2, 0.25) is 0 Å². The van der Waals surface area contributed by atoms with Crippen LogP contribution in [-0.2, 0) is 4.74 Å². The number of hydrogen-bond acceptors (Lipinski definition) is 5. The smallest absolute Gasteiger partial charge is 0.192 e. The van der Waals surface area contributed by atoms with E-state index in [0.717, 1.165) is 5.56 Å². The van der Waals surface area contributed by atoms with Gasteiger partial charge in [-0.25, -0.2) is 0 Å². The van der Waals surface area contributed by atoms with Crippen LogP contribution in [0.5, 0.6) is 0 Å². The quantitative estimate of drug-likeness (QED) is 0.458. The molecule has 3 aromatic rings. The van der Waals surface area contributed by atoms with Gasteiger partial charge in [0.2, 0.25) is 0 Å². The third-order valence-corrected chi connectivity index (χ3v) is 5.41. The average Bonchev–Trinajstić information content (AvgIpc) is 2.81. The lowest BCUT2D eigenvalue weighted by Gasteiger charge is -2.50. The summed E-state index contributed by atoms with van der Waals surface area (Å²) in [4.78, 5) is 0. The fourth-order valence-electron chi connectivity index (χ4n) is 3.69. The van der Waals surface area contributed by atoms with Crippen molar-refractivity contribution in [3.05, 3.63) is 119 Å². The predicted octanol–water partition coefficient (Wildman–Crippen LogP) is 3.85. The Morgan fingerprint density at radius 3 is 1.90 bits per heavy atom. The van der Waals surface area contributed by atoms with Crippen molar-refractivity contribution >= 4 is 12.2 Å². The van der Waals surface area contributed by atoms with Gasteiger partial charge in [0, 0.05) is 0 Å². The highest BCUT2D eigenvalue weighted by atomic mass is 16.6. The first-order valence-corrected chi connectivity index (χ1v) is 10.0. The molecule has 31 heavy (non-hydrogen) atoms. The van der Waals surface area contributed by atoms with Gasteiger partial charge in [0.05, 0.1) is 0 Å². The van der Waals surface area contributed by atoms with Crippen LogP contribution in [0.4, 0.5) is 0 Å². The second-order valence-corrected chi connectivity index (χ2v) is 7.52. The summed E-state index contributed by atoms with van der Waals surface area (Å²) in [6, 6.07) is 27.1. The lowest BCUT2D eigenvalue weighted by atomic mass is 9.76. The Morgan fingerprint density at radius 1 is 0.806 bits per heavy atom. The molecule has 0 aromatic heterocycles. The van der Waals surface area contributed by atoms with E-state index in [1.54, 1.807) is 54.6 Å². The minimum Gasteiger partial charge on any atom is -0.509 e. The van der Waals surface area contributed by atoms with Crippen LogP contribution >= 0.6 is 0 Å². The molecule has 1 heterocycles. The fourth-order valence-corrected chi connectivity index (χ4v) is 3.69. The monoisotopic (exact) mass is 416 g/mol. The van der Waals surface area contributed by atoms with Crippen LogP contribution in [0, 0.1) is 0 Å². The van der Waals surface area contributed by atoms with E-state index in [1.165, 1.54) is 6.08 Å². The van der Waals surface area contributed by atoms with Gasteiger partial charge < -0.3 is 25.2 Å². The highest BCUT2D eigenvalue weighted by Gasteiger charge is 2.60. The first-order chi connectivity index (χ1) is 15.0. The lowest BCUT2D eigenvalue weighted by molar-refractivity contribution is -0.245. The SMILES string of the molecule is OC(=Cc1ccccc1)[C@@H](O)[C@H](O)[C@@]1(O)C(=Cc2ccccc2)OC1c1ccccc1. The van der Waals surface area contributed by atoms with Crippen molar-refractivity contribution in [2.45, 2.75) is 23.9 Å². The molecule has 1 aliphatic heterocycles. The van der Waals surface area contributed by atoms with E-state index in [0.29, 0.717) is 11.1 Å². The summed E-state index contributed by atoms with van der Waals surface area (Å²) in [7, 11) is 0. The molecule has 1 aliphatic rings. The van der Waals surface area contributed by atoms with Crippen LogP contribution in [0.25, 0.3) is 12.2 Å². The van der Waals surface area contributed by atoms with Gasteiger partial charge >= 0.3 is 0 Å². The molecule has 0 saturated carbocycles. The van der Waals surface area contributed by atoms with Gasteiger partial charge in [0.15, 0.2) is 11.7 Å². The molecule has 4 atom stereocenters. The van der Waals surface area contributed by atoms with Crippen molar-refractivity contribution < 1.29 is 25.2 Å². The van der Waals surface area contributed by atoms with E-state index in [4.69, 9.17) is 4.74 Å². The van der Waals surface area contributed by atoms with Crippen molar-refractivity contribution in [1.29, 1.82) is 0 Å². The number of aliphatic hydroxyl groups is 4. The van der Waals surface area contributed by atoms with Crippen molar-refractivity contribution in [2.75, 3.05) is 0 Å². The summed E-state index contributed by atoms with van der Waals surface area (Å²) in [5.41, 5.74) is 0.138. The largest absolute Gasteiger partial charge is 0.509 e. The minimum atomic E-state index is -1.94. The van der Waals surface area contributed by atoms with E-state index in [9.17, 15) is 20.4 Å². The molecule has 158 valence electrons. The first kappa shape index (κ1) is 20.9. The van der Waals surface area contributed by atoms with Crippen LogP contribution < -0.4 is 0 Å². The van der Waals surface area contributed by atoms with Gasteiger partial charge in [-0.2, -0.15) is 0 Å². The number of rotatable bonds is 6. The maximum Gasteiger partial charge on any atom is 0.192 e. The summed E-state index contributed by atoms with van der Waals surface area (Å²) in [5, 5.41) is 43.7. The van der Waals surface area contributed by atoms with Crippen molar-refractivity contribution in [3.8, 4) is 0 Å². The van der Waals surface area contributed by atoms with Crippen LogP contribution in [0.3, 0.4) is 0 Å². The van der Waals surface area contributed by atoms with E-state index in [-0.39, 0.29) is 5.76 Å². The molecule has 0 amide bonds. The van der Waals surface area contributed by atoms with Crippen LogP contribution in [-0.4, -0.2) is 38.2 Å². The van der Waals surface area contributed by atoms with Gasteiger partial charge in [0.25, 0.3) is 0 Å². The Kier molecular flexibility index (Phi) is 5.91. The minimum absolute atomic E-state index is 0.117. The molecular weight excluding hydrogens is 392 g/mol. The second kappa shape index (κ2) is 8.78. The zero-order valence-electron chi connectivity index (χ0n) is 16.7. The van der Waals surface area contributed by atoms with Crippen molar-refractivity contribution in [2.24, 2.45) is 0 Å². The number of benzene rings is 3. The molecule has 5 nitrogen and oxygen atoms in total. The Balaban J connectivity index is 1.68. The Morgan fingerprint density at radius 2 is 1.32 bits per heavy atom. The Hall–Kier alpha value is -3.38. The molecule has 0 aliphatic carbocycles. The summed E-state index contributed by atoms with van der Waals surface area (Å²) in [5.74, 6) is -0.337. The summed E-state index contributed by atoms with van der Waals surface area (Å²) < 4.78 is 5.85. The van der Waals surface area contributed by atoms with E-state index in [1.807, 2.05) is 42.5 Å². The molecule has 0 bridgehead atoms. The van der Waals surface area contributed by atoms with Gasteiger partial charge in [-0.05, 0) is 28.8 Å². The summed E-state index contributed by atoms with van der Waals surface area (Å²) in [6.45, 7) is 0. The Bertz CT molecular complexity index is 1060. The highest BCUT2D eigenvalue weighted by molar-refractivity contribution is 5.57. The number of ether oxygens (including phenoxy) is 1. The fraction of sp³-hybridized carbons (Fsp3) is 0.154. The molecular formula is C26H24O5. The normalized spacial score (nSPS) is 24.2. The van der Waals surface area contributed by atoms with Gasteiger partial charge in [-0.15, -0.1) is 0 Å². The standard InChI is InChI=1S/C26H24O5/c27-21(16-18-10-4-1-5-11-18)23(28)24(29)26(30)22(17-19-12-6-2-7-13-19)31-25(26)20-14-8-3-9-15-20/h1-17,23-25,27-30H/t23-,24+,25?,26+/m1/s1. The van der Waals surface area contributed by atoms with E-state index in [2.05, 4.69) is 0 Å². The molecule has 1 fully saturated rings. The predicted molar refractivity (Wildman–Crippen MR) is 119 cm³/mol. The second-order valence-electron chi connectivity index (χ2n) is 7.52. The van der Waals surface area contributed by atoms with Crippen molar-refractivity contribution in [1.82, 2.24) is 0 Å². The van der Waals surface area contributed by atoms with Crippen LogP contribution in [0.1, 0.15) is 22.8 Å². The molecule has 5 heteroatoms. The molecule has 0 spiro atoms. The Labute approximate surface area is 180 Å². The topological polar surface area (TPSA) is 90.2 Å². The zero-order chi connectivity index (χ0) is 21.8. The average molecular weight is 416 g/mol. The number of aliphatic hydroxyl groups excluding tert-OH is 3. The number of hydrogen-bond donors (Lipinski definition) is 4. The first-order valence-electron chi connectivity index (χ1n) is 10.0. The van der Waals surface area contributed by atoms with Gasteiger partial charge in [0.1, 0.15) is 23.7 Å². The van der Waals surface area contributed by atoms with Crippen LogP contribution in [0.15, 0.2) is 103 Å². The third kappa shape index (κ3) is 4.11. The van der Waals surface area contributed by atoms with Crippen molar-refractivity contribution in [3.63, 3.8) is 0 Å². The summed E-state index contributed by atoms with van der Waals surface area (Å²) >= 11 is 0. The summed E-state index contributed by atoms with van der Waals surface area (Å²) in [6.07, 6.45) is -1.39. The molecule has 0 radical (unpaired) electrons. The molecule has 1 saturated heterocycles. The molecule has 4 rings (SSSR count). The molecule has 1 unspecified atom stereocenters. The molecule has 3 aromatic carbocycles. The van der Waals surface area contributed by atoms with E-state index < -0.39 is 29.7 Å². The van der Waals surface area contributed by atoms with Gasteiger partial charge in [-0.1, -0.05) is 91.0 Å². The van der Waals surface area contributed by atoms with E-state index >= 15 is 0 Å². The maximum absolute atomic E-state index is 11.6. The lowest BCUT2D eigenvalue weighted by Crippen LogP contribution is -2.62. The third-order valence-electron chi connectivity index (χ3n) is 5.41. The molecule has 4 N–H and O–H groups in total. The highest BCUT2D eigenvalue weighted by Crippen LogP contribution is 2.51. The zero-order valence-corrected chi connectivity index (χ0v) is 16.7.